The molecule has 1 fully saturated rings. The van der Waals surface area contributed by atoms with E-state index in [2.05, 4.69) is 12.2 Å². The van der Waals surface area contributed by atoms with Gasteiger partial charge in [-0.05, 0) is 37.5 Å². The van der Waals surface area contributed by atoms with Crippen molar-refractivity contribution in [2.45, 2.75) is 45.4 Å². The van der Waals surface area contributed by atoms with Gasteiger partial charge in [0.2, 0.25) is 5.91 Å². The van der Waals surface area contributed by atoms with Gasteiger partial charge in [0, 0.05) is 6.54 Å². The lowest BCUT2D eigenvalue weighted by Gasteiger charge is -2.41. The molecular weight excluding hydrogens is 242 g/mol. The van der Waals surface area contributed by atoms with Crippen molar-refractivity contribution in [3.8, 4) is 0 Å². The molecule has 2 unspecified atom stereocenters. The van der Waals surface area contributed by atoms with Crippen LogP contribution in [0.2, 0.25) is 0 Å². The van der Waals surface area contributed by atoms with Crippen molar-refractivity contribution in [3.63, 3.8) is 0 Å². The molecule has 2 aliphatic rings. The first kappa shape index (κ1) is 14.1. The van der Waals surface area contributed by atoms with Gasteiger partial charge in [-0.2, -0.15) is 0 Å². The molecule has 0 aromatic carbocycles. The second kappa shape index (κ2) is 5.76. The number of aliphatic carboxylic acids is 1. The third kappa shape index (κ3) is 2.99. The van der Waals surface area contributed by atoms with Crippen LogP contribution in [0.1, 0.15) is 45.4 Å². The Balaban J connectivity index is 1.91. The number of carboxylic acid groups (broad SMARTS) is 1. The summed E-state index contributed by atoms with van der Waals surface area (Å²) in [5.74, 6) is -1.92. The zero-order chi connectivity index (χ0) is 13.9. The van der Waals surface area contributed by atoms with Crippen molar-refractivity contribution < 1.29 is 14.7 Å². The lowest BCUT2D eigenvalue weighted by molar-refractivity contribution is -0.147. The van der Waals surface area contributed by atoms with Crippen LogP contribution in [0.5, 0.6) is 0 Å². The molecule has 4 nitrogen and oxygen atoms in total. The van der Waals surface area contributed by atoms with Crippen LogP contribution in [-0.2, 0) is 9.59 Å². The highest BCUT2D eigenvalue weighted by Crippen LogP contribution is 2.43. The van der Waals surface area contributed by atoms with Gasteiger partial charge in [-0.1, -0.05) is 25.5 Å². The van der Waals surface area contributed by atoms with Crippen LogP contribution < -0.4 is 5.32 Å². The van der Waals surface area contributed by atoms with Gasteiger partial charge in [-0.3, -0.25) is 9.59 Å². The van der Waals surface area contributed by atoms with Crippen LogP contribution in [0, 0.1) is 17.3 Å². The van der Waals surface area contributed by atoms with E-state index in [0.29, 0.717) is 19.4 Å². The molecule has 19 heavy (non-hydrogen) atoms. The van der Waals surface area contributed by atoms with E-state index in [1.165, 1.54) is 19.3 Å². The Morgan fingerprint density at radius 3 is 2.37 bits per heavy atom. The monoisotopic (exact) mass is 265 g/mol. The van der Waals surface area contributed by atoms with Crippen LogP contribution in [0.3, 0.4) is 0 Å². The third-order valence-corrected chi connectivity index (χ3v) is 4.89. The van der Waals surface area contributed by atoms with Crippen molar-refractivity contribution >= 4 is 11.9 Å². The maximum atomic E-state index is 12.2. The second-order valence-electron chi connectivity index (χ2n) is 5.92. The number of hydrogen-bond donors (Lipinski definition) is 2. The van der Waals surface area contributed by atoms with Crippen molar-refractivity contribution in [3.05, 3.63) is 12.2 Å². The van der Waals surface area contributed by atoms with Gasteiger partial charge < -0.3 is 10.4 Å². The van der Waals surface area contributed by atoms with Crippen LogP contribution in [-0.4, -0.2) is 23.5 Å². The van der Waals surface area contributed by atoms with Gasteiger partial charge in [0.15, 0.2) is 0 Å². The van der Waals surface area contributed by atoms with E-state index in [1.807, 2.05) is 12.2 Å². The first-order chi connectivity index (χ1) is 9.08. The minimum Gasteiger partial charge on any atom is -0.481 e. The van der Waals surface area contributed by atoms with E-state index >= 15 is 0 Å². The Labute approximate surface area is 114 Å². The van der Waals surface area contributed by atoms with Gasteiger partial charge in [0.25, 0.3) is 0 Å². The predicted molar refractivity (Wildman–Crippen MR) is 72.6 cm³/mol. The summed E-state index contributed by atoms with van der Waals surface area (Å²) in [4.78, 5) is 23.4. The van der Waals surface area contributed by atoms with Crippen molar-refractivity contribution in [2.75, 3.05) is 6.54 Å². The number of carbonyl (C=O) groups excluding carboxylic acids is 1. The number of hydrogen-bond acceptors (Lipinski definition) is 2. The normalized spacial score (nSPS) is 28.5. The zero-order valence-corrected chi connectivity index (χ0v) is 11.5. The molecule has 0 bridgehead atoms. The van der Waals surface area contributed by atoms with Gasteiger partial charge in [-0.25, -0.2) is 0 Å². The highest BCUT2D eigenvalue weighted by Gasteiger charge is 2.38. The predicted octanol–water partition coefficient (Wildman–Crippen LogP) is 2.35. The van der Waals surface area contributed by atoms with E-state index in [9.17, 15) is 14.7 Å². The average Bonchev–Trinajstić information content (AvgIpc) is 2.37. The fraction of sp³-hybridized carbons (Fsp3) is 0.733. The highest BCUT2D eigenvalue weighted by molar-refractivity contribution is 5.85. The molecule has 0 aromatic rings. The number of carboxylic acids is 1. The SMILES string of the molecule is CCC1(CNC(=O)C2CC=CCC2C(=O)O)CCC1. The molecule has 0 spiro atoms. The molecule has 0 saturated heterocycles. The summed E-state index contributed by atoms with van der Waals surface area (Å²) in [7, 11) is 0. The Morgan fingerprint density at radius 2 is 1.89 bits per heavy atom. The van der Waals surface area contributed by atoms with Crippen molar-refractivity contribution in [1.82, 2.24) is 5.32 Å². The molecule has 0 aromatic heterocycles. The number of rotatable bonds is 5. The number of amides is 1. The molecule has 2 N–H and O–H groups in total. The largest absolute Gasteiger partial charge is 0.481 e. The average molecular weight is 265 g/mol. The Hall–Kier alpha value is -1.32. The lowest BCUT2D eigenvalue weighted by Crippen LogP contribution is -2.45. The van der Waals surface area contributed by atoms with Gasteiger partial charge in [0.1, 0.15) is 0 Å². The topological polar surface area (TPSA) is 66.4 Å². The molecule has 1 amide bonds. The highest BCUT2D eigenvalue weighted by atomic mass is 16.4. The third-order valence-electron chi connectivity index (χ3n) is 4.89. The summed E-state index contributed by atoms with van der Waals surface area (Å²) >= 11 is 0. The Kier molecular flexibility index (Phi) is 4.27. The lowest BCUT2D eigenvalue weighted by atomic mass is 9.67. The minimum atomic E-state index is -0.863. The fourth-order valence-electron chi connectivity index (χ4n) is 3.11. The molecule has 2 atom stereocenters. The molecule has 0 radical (unpaired) electrons. The number of nitrogens with one attached hydrogen (secondary N) is 1. The summed E-state index contributed by atoms with van der Waals surface area (Å²) in [6.07, 6.45) is 9.47. The summed E-state index contributed by atoms with van der Waals surface area (Å²) in [6, 6.07) is 0. The molecule has 2 rings (SSSR count). The summed E-state index contributed by atoms with van der Waals surface area (Å²) in [5.41, 5.74) is 0.277. The second-order valence-corrected chi connectivity index (χ2v) is 5.92. The van der Waals surface area contributed by atoms with Crippen molar-refractivity contribution in [2.24, 2.45) is 17.3 Å². The quantitative estimate of drug-likeness (QED) is 0.750. The first-order valence-corrected chi connectivity index (χ1v) is 7.23. The molecule has 4 heteroatoms. The van der Waals surface area contributed by atoms with E-state index < -0.39 is 17.8 Å². The van der Waals surface area contributed by atoms with E-state index in [1.54, 1.807) is 0 Å². The van der Waals surface area contributed by atoms with Crippen LogP contribution in [0.25, 0.3) is 0 Å². The van der Waals surface area contributed by atoms with E-state index in [4.69, 9.17) is 0 Å². The Bertz CT molecular complexity index is 379. The van der Waals surface area contributed by atoms with Crippen LogP contribution >= 0.6 is 0 Å². The van der Waals surface area contributed by atoms with Gasteiger partial charge >= 0.3 is 5.97 Å². The molecule has 1 saturated carbocycles. The minimum absolute atomic E-state index is 0.0866. The number of carbonyl (C=O) groups is 2. The maximum absolute atomic E-state index is 12.2. The first-order valence-electron chi connectivity index (χ1n) is 7.23. The molecule has 0 heterocycles. The van der Waals surface area contributed by atoms with Gasteiger partial charge in [-0.15, -0.1) is 0 Å². The summed E-state index contributed by atoms with van der Waals surface area (Å²) < 4.78 is 0. The van der Waals surface area contributed by atoms with Crippen LogP contribution in [0.4, 0.5) is 0 Å². The van der Waals surface area contributed by atoms with Crippen LogP contribution in [0.15, 0.2) is 12.2 Å². The summed E-state index contributed by atoms with van der Waals surface area (Å²) in [6.45, 7) is 2.86. The van der Waals surface area contributed by atoms with E-state index in [0.717, 1.165) is 6.42 Å². The zero-order valence-electron chi connectivity index (χ0n) is 11.5. The van der Waals surface area contributed by atoms with Gasteiger partial charge in [0.05, 0.1) is 11.8 Å². The van der Waals surface area contributed by atoms with Crippen molar-refractivity contribution in [1.29, 1.82) is 0 Å². The smallest absolute Gasteiger partial charge is 0.307 e. The Morgan fingerprint density at radius 1 is 1.26 bits per heavy atom. The summed E-state index contributed by atoms with van der Waals surface area (Å²) in [5, 5.41) is 12.2. The molecular formula is C15H23NO3. The molecule has 2 aliphatic carbocycles. The number of allylic oxidation sites excluding steroid dienone is 2. The molecule has 106 valence electrons. The fourth-order valence-corrected chi connectivity index (χ4v) is 3.11. The van der Waals surface area contributed by atoms with E-state index in [-0.39, 0.29) is 11.3 Å². The maximum Gasteiger partial charge on any atom is 0.307 e. The molecule has 0 aliphatic heterocycles. The standard InChI is InChI=1S/C15H23NO3/c1-2-15(8-5-9-15)10-16-13(17)11-6-3-4-7-12(11)14(18)19/h3-4,11-12H,2,5-10H2,1H3,(H,16,17)(H,18,19).